The molecular formula is C9H21NO. The van der Waals surface area contributed by atoms with Gasteiger partial charge in [-0.15, -0.1) is 0 Å². The van der Waals surface area contributed by atoms with Crippen molar-refractivity contribution in [2.75, 3.05) is 6.61 Å². The molecule has 2 unspecified atom stereocenters. The van der Waals surface area contributed by atoms with E-state index in [1.165, 1.54) is 0 Å². The zero-order chi connectivity index (χ0) is 8.91. The van der Waals surface area contributed by atoms with E-state index in [-0.39, 0.29) is 5.54 Å². The van der Waals surface area contributed by atoms with Gasteiger partial charge >= 0.3 is 0 Å². The van der Waals surface area contributed by atoms with Gasteiger partial charge in [-0.05, 0) is 19.8 Å². The van der Waals surface area contributed by atoms with Crippen LogP contribution in [-0.4, -0.2) is 18.2 Å². The summed E-state index contributed by atoms with van der Waals surface area (Å²) < 4.78 is 5.33. The Bertz CT molecular complexity index is 106. The Morgan fingerprint density at radius 1 is 1.55 bits per heavy atom. The largest absolute Gasteiger partial charge is 0.377 e. The van der Waals surface area contributed by atoms with Gasteiger partial charge in [0, 0.05) is 5.54 Å². The van der Waals surface area contributed by atoms with Crippen LogP contribution in [0.1, 0.15) is 40.5 Å². The molecular weight excluding hydrogens is 138 g/mol. The normalized spacial score (nSPS) is 36.3. The smallest absolute Gasteiger partial charge is 0.0650 e. The zero-order valence-electron chi connectivity index (χ0n) is 8.18. The van der Waals surface area contributed by atoms with E-state index < -0.39 is 0 Å². The van der Waals surface area contributed by atoms with Crippen molar-refractivity contribution in [2.45, 2.75) is 52.2 Å². The van der Waals surface area contributed by atoms with Gasteiger partial charge < -0.3 is 10.5 Å². The molecule has 68 valence electrons. The molecule has 2 N–H and O–H groups in total. The molecule has 1 saturated heterocycles. The number of nitrogens with two attached hydrogens (primary N) is 1. The second kappa shape index (κ2) is 4.73. The van der Waals surface area contributed by atoms with Crippen LogP contribution in [0.15, 0.2) is 0 Å². The Labute approximate surface area is 70.1 Å². The highest BCUT2D eigenvalue weighted by atomic mass is 16.5. The predicted octanol–water partition coefficient (Wildman–Crippen LogP) is 1.93. The number of ether oxygens (including phenoxy) is 1. The minimum Gasteiger partial charge on any atom is -0.377 e. The summed E-state index contributed by atoms with van der Waals surface area (Å²) in [5.41, 5.74) is 5.91. The summed E-state index contributed by atoms with van der Waals surface area (Å²) in [6, 6.07) is 0. The minimum atomic E-state index is -0.0145. The summed E-state index contributed by atoms with van der Waals surface area (Å²) in [4.78, 5) is 0. The number of rotatable bonds is 1. The van der Waals surface area contributed by atoms with Gasteiger partial charge in [0.25, 0.3) is 0 Å². The molecule has 0 radical (unpaired) electrons. The van der Waals surface area contributed by atoms with Crippen LogP contribution in [0.25, 0.3) is 0 Å². The summed E-state index contributed by atoms with van der Waals surface area (Å²) in [5.74, 6) is 0. The van der Waals surface area contributed by atoms with Crippen molar-refractivity contribution in [1.29, 1.82) is 0 Å². The number of hydrogen-bond acceptors (Lipinski definition) is 2. The molecule has 0 spiro atoms. The highest BCUT2D eigenvalue weighted by Gasteiger charge is 2.32. The van der Waals surface area contributed by atoms with Gasteiger partial charge in [-0.3, -0.25) is 0 Å². The third kappa shape index (κ3) is 3.21. The van der Waals surface area contributed by atoms with Crippen LogP contribution >= 0.6 is 0 Å². The molecule has 0 amide bonds. The molecule has 1 aliphatic rings. The van der Waals surface area contributed by atoms with Crippen LogP contribution in [0.2, 0.25) is 0 Å². The first-order valence-corrected chi connectivity index (χ1v) is 4.57. The average Bonchev–Trinajstić information content (AvgIpc) is 2.37. The topological polar surface area (TPSA) is 35.2 Å². The van der Waals surface area contributed by atoms with Crippen molar-refractivity contribution in [1.82, 2.24) is 0 Å². The molecule has 0 aromatic carbocycles. The lowest BCUT2D eigenvalue weighted by Gasteiger charge is -2.18. The predicted molar refractivity (Wildman–Crippen MR) is 48.6 cm³/mol. The van der Waals surface area contributed by atoms with Crippen LogP contribution in [0, 0.1) is 0 Å². The van der Waals surface area contributed by atoms with E-state index in [2.05, 4.69) is 13.8 Å². The third-order valence-corrected chi connectivity index (χ3v) is 2.05. The quantitative estimate of drug-likeness (QED) is 0.634. The molecule has 1 heterocycles. The fourth-order valence-electron chi connectivity index (χ4n) is 1.24. The fourth-order valence-corrected chi connectivity index (χ4v) is 1.24. The minimum absolute atomic E-state index is 0.0145. The highest BCUT2D eigenvalue weighted by molar-refractivity contribution is 4.89. The van der Waals surface area contributed by atoms with E-state index in [0.717, 1.165) is 19.4 Å². The lowest BCUT2D eigenvalue weighted by Crippen LogP contribution is -2.39. The third-order valence-electron chi connectivity index (χ3n) is 2.05. The van der Waals surface area contributed by atoms with Crippen LogP contribution in [-0.2, 0) is 4.74 Å². The van der Waals surface area contributed by atoms with Crippen molar-refractivity contribution in [2.24, 2.45) is 5.73 Å². The van der Waals surface area contributed by atoms with Crippen molar-refractivity contribution in [3.8, 4) is 0 Å². The Balaban J connectivity index is 0.000000461. The standard InChI is InChI=1S/C7H15NO.C2H6/c1-3-7(8)4-6(2)9-5-7;1-2/h6H,3-5,8H2,1-2H3;1-2H3. The van der Waals surface area contributed by atoms with E-state index >= 15 is 0 Å². The Kier molecular flexibility index (Phi) is 4.69. The molecule has 2 heteroatoms. The van der Waals surface area contributed by atoms with E-state index in [0.29, 0.717) is 6.10 Å². The van der Waals surface area contributed by atoms with Gasteiger partial charge in [0.2, 0.25) is 0 Å². The molecule has 0 aliphatic carbocycles. The first-order valence-electron chi connectivity index (χ1n) is 4.57. The van der Waals surface area contributed by atoms with Gasteiger partial charge in [-0.1, -0.05) is 20.8 Å². The molecule has 0 aromatic heterocycles. The van der Waals surface area contributed by atoms with Gasteiger partial charge in [-0.2, -0.15) is 0 Å². The molecule has 1 fully saturated rings. The Hall–Kier alpha value is -0.0800. The first kappa shape index (κ1) is 10.9. The average molecular weight is 159 g/mol. The Morgan fingerprint density at radius 2 is 2.09 bits per heavy atom. The van der Waals surface area contributed by atoms with Crippen LogP contribution in [0.5, 0.6) is 0 Å². The lowest BCUT2D eigenvalue weighted by atomic mass is 9.95. The van der Waals surface area contributed by atoms with Crippen molar-refractivity contribution >= 4 is 0 Å². The van der Waals surface area contributed by atoms with Gasteiger partial charge in [0.05, 0.1) is 12.7 Å². The van der Waals surface area contributed by atoms with E-state index in [4.69, 9.17) is 10.5 Å². The van der Waals surface area contributed by atoms with Gasteiger partial charge in [-0.25, -0.2) is 0 Å². The molecule has 1 aliphatic heterocycles. The maximum atomic E-state index is 5.92. The Morgan fingerprint density at radius 3 is 2.27 bits per heavy atom. The van der Waals surface area contributed by atoms with Crippen molar-refractivity contribution in [3.63, 3.8) is 0 Å². The zero-order valence-corrected chi connectivity index (χ0v) is 8.18. The second-order valence-corrected chi connectivity index (χ2v) is 3.04. The summed E-state index contributed by atoms with van der Waals surface area (Å²) in [5, 5.41) is 0. The van der Waals surface area contributed by atoms with E-state index in [1.54, 1.807) is 0 Å². The van der Waals surface area contributed by atoms with Crippen molar-refractivity contribution < 1.29 is 4.74 Å². The van der Waals surface area contributed by atoms with Crippen LogP contribution in [0.4, 0.5) is 0 Å². The molecule has 1 rings (SSSR count). The number of hydrogen-bond donors (Lipinski definition) is 1. The van der Waals surface area contributed by atoms with Crippen LogP contribution in [0.3, 0.4) is 0 Å². The fraction of sp³-hybridized carbons (Fsp3) is 1.00. The maximum absolute atomic E-state index is 5.92. The molecule has 2 atom stereocenters. The molecule has 0 aromatic rings. The summed E-state index contributed by atoms with van der Waals surface area (Å²) in [6.45, 7) is 8.93. The van der Waals surface area contributed by atoms with Crippen molar-refractivity contribution in [3.05, 3.63) is 0 Å². The van der Waals surface area contributed by atoms with Gasteiger partial charge in [0.15, 0.2) is 0 Å². The van der Waals surface area contributed by atoms with Crippen LogP contribution < -0.4 is 5.73 Å². The molecule has 11 heavy (non-hydrogen) atoms. The van der Waals surface area contributed by atoms with E-state index in [9.17, 15) is 0 Å². The summed E-state index contributed by atoms with van der Waals surface area (Å²) in [6.07, 6.45) is 2.41. The molecule has 2 nitrogen and oxygen atoms in total. The molecule has 0 saturated carbocycles. The second-order valence-electron chi connectivity index (χ2n) is 3.04. The highest BCUT2D eigenvalue weighted by Crippen LogP contribution is 2.23. The SMILES string of the molecule is CC.CCC1(N)COC(C)C1. The van der Waals surface area contributed by atoms with E-state index in [1.807, 2.05) is 13.8 Å². The monoisotopic (exact) mass is 159 g/mol. The summed E-state index contributed by atoms with van der Waals surface area (Å²) >= 11 is 0. The maximum Gasteiger partial charge on any atom is 0.0650 e. The summed E-state index contributed by atoms with van der Waals surface area (Å²) in [7, 11) is 0. The first-order chi connectivity index (χ1) is 5.16. The lowest BCUT2D eigenvalue weighted by molar-refractivity contribution is 0.116. The molecule has 0 bridgehead atoms. The van der Waals surface area contributed by atoms with Gasteiger partial charge in [0.1, 0.15) is 0 Å².